The average molecular weight is 235 g/mol. The van der Waals surface area contributed by atoms with Gasteiger partial charge in [-0.15, -0.1) is 0 Å². The number of rotatable bonds is 3. The van der Waals surface area contributed by atoms with Crippen molar-refractivity contribution >= 4 is 0 Å². The summed E-state index contributed by atoms with van der Waals surface area (Å²) in [7, 11) is 4.11. The monoisotopic (exact) mass is 235 g/mol. The van der Waals surface area contributed by atoms with Crippen molar-refractivity contribution in [1.82, 2.24) is 15.1 Å². The van der Waals surface area contributed by atoms with E-state index in [0.717, 1.165) is 5.92 Å². The second-order valence-corrected chi connectivity index (χ2v) is 5.33. The Morgan fingerprint density at radius 3 is 2.41 bits per heavy atom. The molecular weight excluding hydrogens is 210 g/mol. The van der Waals surface area contributed by atoms with Crippen LogP contribution in [0, 0.1) is 12.8 Å². The van der Waals surface area contributed by atoms with Crippen molar-refractivity contribution in [2.45, 2.75) is 51.5 Å². The van der Waals surface area contributed by atoms with E-state index >= 15 is 0 Å². The van der Waals surface area contributed by atoms with Crippen LogP contribution in [-0.2, 0) is 7.05 Å². The first-order chi connectivity index (χ1) is 8.24. The molecule has 1 aliphatic rings. The zero-order valence-electron chi connectivity index (χ0n) is 11.4. The van der Waals surface area contributed by atoms with E-state index in [1.54, 1.807) is 0 Å². The van der Waals surface area contributed by atoms with Crippen LogP contribution in [0.4, 0.5) is 0 Å². The van der Waals surface area contributed by atoms with Crippen LogP contribution >= 0.6 is 0 Å². The van der Waals surface area contributed by atoms with Gasteiger partial charge in [0.2, 0.25) is 0 Å². The molecule has 1 aliphatic carbocycles. The maximum Gasteiger partial charge on any atom is 0.0540 e. The van der Waals surface area contributed by atoms with Crippen LogP contribution in [0.2, 0.25) is 0 Å². The van der Waals surface area contributed by atoms with Crippen LogP contribution in [0.25, 0.3) is 0 Å². The molecule has 0 amide bonds. The van der Waals surface area contributed by atoms with Crippen LogP contribution in [0.5, 0.6) is 0 Å². The van der Waals surface area contributed by atoms with Crippen molar-refractivity contribution in [1.29, 1.82) is 0 Å². The summed E-state index contributed by atoms with van der Waals surface area (Å²) in [6.07, 6.45) is 10.4. The highest BCUT2D eigenvalue weighted by atomic mass is 15.3. The number of nitrogens with one attached hydrogen (secondary N) is 1. The minimum absolute atomic E-state index is 0.488. The lowest BCUT2D eigenvalue weighted by Gasteiger charge is -2.25. The van der Waals surface area contributed by atoms with Gasteiger partial charge in [-0.2, -0.15) is 5.10 Å². The Bertz CT molecular complexity index is 348. The van der Waals surface area contributed by atoms with E-state index < -0.39 is 0 Å². The molecule has 1 aromatic heterocycles. The number of aryl methyl sites for hydroxylation is 1. The molecular formula is C14H25N3. The maximum atomic E-state index is 4.38. The first-order valence-electron chi connectivity index (χ1n) is 6.89. The highest BCUT2D eigenvalue weighted by Gasteiger charge is 2.25. The fourth-order valence-corrected chi connectivity index (χ4v) is 3.11. The van der Waals surface area contributed by atoms with E-state index in [4.69, 9.17) is 0 Å². The second-order valence-electron chi connectivity index (χ2n) is 5.33. The summed E-state index contributed by atoms with van der Waals surface area (Å²) in [4.78, 5) is 0. The van der Waals surface area contributed by atoms with Gasteiger partial charge in [-0.05, 0) is 32.7 Å². The van der Waals surface area contributed by atoms with Crippen molar-refractivity contribution in [3.63, 3.8) is 0 Å². The number of nitrogens with zero attached hydrogens (tertiary/aromatic N) is 2. The third-order valence-corrected chi connectivity index (χ3v) is 4.29. The molecule has 3 heteroatoms. The smallest absolute Gasteiger partial charge is 0.0540 e. The van der Waals surface area contributed by atoms with Crippen LogP contribution in [0.15, 0.2) is 6.20 Å². The summed E-state index contributed by atoms with van der Waals surface area (Å²) in [6, 6.07) is 0.488. The fourth-order valence-electron chi connectivity index (χ4n) is 3.11. The van der Waals surface area contributed by atoms with Crippen LogP contribution in [0.3, 0.4) is 0 Å². The van der Waals surface area contributed by atoms with Crippen molar-refractivity contribution in [3.8, 4) is 0 Å². The van der Waals surface area contributed by atoms with E-state index in [2.05, 4.69) is 24.4 Å². The van der Waals surface area contributed by atoms with Gasteiger partial charge in [-0.3, -0.25) is 4.68 Å². The van der Waals surface area contributed by atoms with Gasteiger partial charge in [0.05, 0.1) is 6.20 Å². The van der Waals surface area contributed by atoms with Gasteiger partial charge in [-0.1, -0.05) is 25.7 Å². The van der Waals surface area contributed by atoms with Gasteiger partial charge in [0.1, 0.15) is 0 Å². The van der Waals surface area contributed by atoms with Gasteiger partial charge >= 0.3 is 0 Å². The van der Waals surface area contributed by atoms with Gasteiger partial charge in [0, 0.05) is 24.3 Å². The Morgan fingerprint density at radius 1 is 1.29 bits per heavy atom. The molecule has 0 saturated heterocycles. The van der Waals surface area contributed by atoms with Crippen molar-refractivity contribution < 1.29 is 0 Å². The summed E-state index contributed by atoms with van der Waals surface area (Å²) in [6.45, 7) is 2.17. The topological polar surface area (TPSA) is 29.9 Å². The molecule has 1 atom stereocenters. The number of hydrogen-bond acceptors (Lipinski definition) is 2. The number of aromatic nitrogens is 2. The molecule has 17 heavy (non-hydrogen) atoms. The van der Waals surface area contributed by atoms with Crippen molar-refractivity contribution in [2.75, 3.05) is 7.05 Å². The molecule has 1 heterocycles. The predicted octanol–water partition coefficient (Wildman–Crippen LogP) is 2.96. The lowest BCUT2D eigenvalue weighted by atomic mass is 9.87. The zero-order chi connectivity index (χ0) is 12.3. The van der Waals surface area contributed by atoms with Crippen LogP contribution in [0.1, 0.15) is 55.8 Å². The maximum absolute atomic E-state index is 4.38. The Morgan fingerprint density at radius 2 is 1.94 bits per heavy atom. The summed E-state index contributed by atoms with van der Waals surface area (Å²) < 4.78 is 1.98. The third kappa shape index (κ3) is 2.71. The fraction of sp³-hybridized carbons (Fsp3) is 0.786. The normalized spacial score (nSPS) is 20.2. The van der Waals surface area contributed by atoms with E-state index in [9.17, 15) is 0 Å². The van der Waals surface area contributed by atoms with Gasteiger partial charge in [-0.25, -0.2) is 0 Å². The molecule has 1 unspecified atom stereocenters. The zero-order valence-corrected chi connectivity index (χ0v) is 11.4. The van der Waals surface area contributed by atoms with E-state index in [1.807, 2.05) is 17.9 Å². The van der Waals surface area contributed by atoms with Crippen molar-refractivity contribution in [2.24, 2.45) is 13.0 Å². The highest BCUT2D eigenvalue weighted by Crippen LogP contribution is 2.34. The molecule has 0 radical (unpaired) electrons. The molecule has 1 saturated carbocycles. The molecule has 3 nitrogen and oxygen atoms in total. The largest absolute Gasteiger partial charge is 0.313 e. The summed E-state index contributed by atoms with van der Waals surface area (Å²) in [5.74, 6) is 0.783. The predicted molar refractivity (Wildman–Crippen MR) is 70.9 cm³/mol. The van der Waals surface area contributed by atoms with Crippen LogP contribution < -0.4 is 5.32 Å². The Hall–Kier alpha value is -0.830. The molecule has 96 valence electrons. The van der Waals surface area contributed by atoms with E-state index in [-0.39, 0.29) is 0 Å². The molecule has 0 spiro atoms. The Labute approximate surface area is 105 Å². The van der Waals surface area contributed by atoms with Gasteiger partial charge in [0.25, 0.3) is 0 Å². The minimum Gasteiger partial charge on any atom is -0.313 e. The average Bonchev–Trinajstić information content (AvgIpc) is 2.59. The second kappa shape index (κ2) is 5.67. The lowest BCUT2D eigenvalue weighted by Crippen LogP contribution is -2.25. The Balaban J connectivity index is 2.17. The van der Waals surface area contributed by atoms with Crippen LogP contribution in [-0.4, -0.2) is 16.8 Å². The van der Waals surface area contributed by atoms with Crippen molar-refractivity contribution in [3.05, 3.63) is 17.5 Å². The van der Waals surface area contributed by atoms with Gasteiger partial charge in [0.15, 0.2) is 0 Å². The molecule has 1 aromatic rings. The Kier molecular flexibility index (Phi) is 4.21. The summed E-state index contributed by atoms with van der Waals surface area (Å²) >= 11 is 0. The quantitative estimate of drug-likeness (QED) is 0.816. The van der Waals surface area contributed by atoms with E-state index in [0.29, 0.717) is 6.04 Å². The first kappa shape index (κ1) is 12.6. The first-order valence-corrected chi connectivity index (χ1v) is 6.89. The molecule has 1 fully saturated rings. The summed E-state index contributed by atoms with van der Waals surface area (Å²) in [5, 5.41) is 7.90. The lowest BCUT2D eigenvalue weighted by molar-refractivity contribution is 0.340. The van der Waals surface area contributed by atoms with Gasteiger partial charge < -0.3 is 5.32 Å². The molecule has 0 aromatic carbocycles. The highest BCUT2D eigenvalue weighted by molar-refractivity contribution is 5.21. The SMILES string of the molecule is CNC(c1cnn(C)c1C)C1CCCCCC1. The molecule has 2 rings (SSSR count). The molecule has 0 aliphatic heterocycles. The summed E-state index contributed by atoms with van der Waals surface area (Å²) in [5.41, 5.74) is 2.69. The molecule has 1 N–H and O–H groups in total. The number of hydrogen-bond donors (Lipinski definition) is 1. The standard InChI is InChI=1S/C14H25N3/c1-11-13(10-16-17(11)3)14(15-2)12-8-6-4-5-7-9-12/h10,12,14-15H,4-9H2,1-3H3. The third-order valence-electron chi connectivity index (χ3n) is 4.29. The minimum atomic E-state index is 0.488. The van der Waals surface area contributed by atoms with E-state index in [1.165, 1.54) is 49.8 Å². The molecule has 0 bridgehead atoms.